The van der Waals surface area contributed by atoms with Crippen LogP contribution in [0, 0.1) is 5.41 Å². The van der Waals surface area contributed by atoms with Gasteiger partial charge in [-0.15, -0.1) is 0 Å². The van der Waals surface area contributed by atoms with E-state index in [1.54, 1.807) is 6.07 Å². The molecule has 3 fully saturated rings. The van der Waals surface area contributed by atoms with Crippen LogP contribution >= 0.6 is 0 Å². The number of benzene rings is 3. The Hall–Kier alpha value is -2.91. The van der Waals surface area contributed by atoms with Crippen molar-refractivity contribution in [1.82, 2.24) is 4.90 Å². The molecule has 2 bridgehead atoms. The molecular weight excluding hydrogens is 546 g/mol. The summed E-state index contributed by atoms with van der Waals surface area (Å²) in [7, 11) is 0.290. The van der Waals surface area contributed by atoms with Crippen LogP contribution in [0.15, 0.2) is 71.6 Å². The van der Waals surface area contributed by atoms with Gasteiger partial charge in [0.05, 0.1) is 36.4 Å². The summed E-state index contributed by atoms with van der Waals surface area (Å²) >= 11 is 0. The van der Waals surface area contributed by atoms with Gasteiger partial charge in [0, 0.05) is 56.3 Å². The molecule has 3 saturated heterocycles. The number of sulfone groups is 1. The van der Waals surface area contributed by atoms with E-state index in [1.807, 2.05) is 69.2 Å². The van der Waals surface area contributed by atoms with Crippen LogP contribution in [0.1, 0.15) is 42.0 Å². The third-order valence-corrected chi connectivity index (χ3v) is 11.9. The number of nitrogens with zero attached hydrogens (tertiary/aromatic N) is 3. The lowest BCUT2D eigenvalue weighted by atomic mass is 9.75. The van der Waals surface area contributed by atoms with Crippen LogP contribution in [-0.4, -0.2) is 88.1 Å². The largest absolute Gasteiger partial charge is 0.489 e. The Balaban J connectivity index is 1.18. The first-order valence-corrected chi connectivity index (χ1v) is 16.7. The van der Waals surface area contributed by atoms with Gasteiger partial charge < -0.3 is 19.2 Å². The van der Waals surface area contributed by atoms with E-state index in [2.05, 4.69) is 29.2 Å². The summed E-state index contributed by atoms with van der Waals surface area (Å²) in [4.78, 5) is 4.84. The van der Waals surface area contributed by atoms with Crippen molar-refractivity contribution < 1.29 is 22.7 Å². The topological polar surface area (TPSA) is 70.1 Å². The molecule has 7 nitrogen and oxygen atoms in total. The third kappa shape index (κ3) is 5.70. The van der Waals surface area contributed by atoms with Gasteiger partial charge in [-0.25, -0.2) is 8.42 Å². The molecule has 4 aliphatic heterocycles. The van der Waals surface area contributed by atoms with Crippen molar-refractivity contribution in [1.29, 1.82) is 0 Å². The first-order valence-electron chi connectivity index (χ1n) is 15.0. The van der Waals surface area contributed by atoms with Gasteiger partial charge in [0.25, 0.3) is 0 Å². The van der Waals surface area contributed by atoms with Crippen LogP contribution in [0.2, 0.25) is 0 Å². The monoisotopic (exact) mass is 590 g/mol. The number of rotatable bonds is 7. The summed E-state index contributed by atoms with van der Waals surface area (Å²) in [5.74, 6) is 0.150. The molecule has 0 saturated carbocycles. The molecule has 0 radical (unpaired) electrons. The standard InChI is InChI=1S/C34H44N3O4S/c1-34(2)24-42(39,40)31-14-11-28(35(3)4)21-30(31)32(33(34)38)27-9-12-29(13-10-27)41-23-26-7-5-25(6-8-26)22-37-18-15-36(16-19-37)17-20-37/h5-14,21,32-33,38H,15-20,22-24H2,1-4H3/q+1/t32-,33-/m1/s1. The maximum Gasteiger partial charge on any atom is 0.179 e. The number of aliphatic hydroxyl groups is 1. The quantitative estimate of drug-likeness (QED) is 0.415. The molecule has 4 heterocycles. The fraction of sp³-hybridized carbons (Fsp3) is 0.471. The number of quaternary nitrogens is 1. The van der Waals surface area contributed by atoms with Crippen LogP contribution in [0.25, 0.3) is 0 Å². The van der Waals surface area contributed by atoms with E-state index >= 15 is 0 Å². The van der Waals surface area contributed by atoms with Crippen molar-refractivity contribution >= 4 is 15.5 Å². The highest BCUT2D eigenvalue weighted by atomic mass is 32.2. The summed E-state index contributed by atoms with van der Waals surface area (Å²) < 4.78 is 34.1. The number of anilines is 1. The maximum atomic E-state index is 13.4. The number of fused-ring (bicyclic) bond motifs is 4. The summed E-state index contributed by atoms with van der Waals surface area (Å²) in [5.41, 5.74) is 4.10. The molecule has 0 spiro atoms. The molecule has 0 aliphatic carbocycles. The lowest BCUT2D eigenvalue weighted by Gasteiger charge is -2.50. The van der Waals surface area contributed by atoms with Crippen molar-refractivity contribution in [2.75, 3.05) is 64.0 Å². The zero-order chi connectivity index (χ0) is 29.7. The third-order valence-electron chi connectivity index (χ3n) is 9.72. The average molecular weight is 591 g/mol. The molecule has 8 heteroatoms. The second-order valence-corrected chi connectivity index (χ2v) is 15.4. The Morgan fingerprint density at radius 1 is 0.929 bits per heavy atom. The number of hydrogen-bond acceptors (Lipinski definition) is 6. The van der Waals surface area contributed by atoms with E-state index in [1.165, 1.54) is 49.3 Å². The van der Waals surface area contributed by atoms with Gasteiger partial charge in [-0.2, -0.15) is 0 Å². The lowest BCUT2D eigenvalue weighted by molar-refractivity contribution is -0.953. The number of piperazine rings is 3. The average Bonchev–Trinajstić information content (AvgIpc) is 3.03. The minimum atomic E-state index is -3.57. The van der Waals surface area contributed by atoms with Crippen LogP contribution in [-0.2, 0) is 23.0 Å². The molecular formula is C34H44N3O4S+. The number of hydrogen-bond donors (Lipinski definition) is 1. The summed E-state index contributed by atoms with van der Waals surface area (Å²) in [5, 5.41) is 11.6. The van der Waals surface area contributed by atoms with Crippen LogP contribution in [0.3, 0.4) is 0 Å². The Kier molecular flexibility index (Phi) is 7.63. The normalized spacial score (nSPS) is 27.6. The first kappa shape index (κ1) is 29.2. The van der Waals surface area contributed by atoms with E-state index in [9.17, 15) is 13.5 Å². The van der Waals surface area contributed by atoms with E-state index in [0.29, 0.717) is 17.1 Å². The Morgan fingerprint density at radius 2 is 1.55 bits per heavy atom. The fourth-order valence-corrected chi connectivity index (χ4v) is 9.14. The van der Waals surface area contributed by atoms with E-state index < -0.39 is 27.3 Å². The maximum absolute atomic E-state index is 13.4. The zero-order valence-corrected chi connectivity index (χ0v) is 26.1. The molecule has 7 rings (SSSR count). The highest BCUT2D eigenvalue weighted by molar-refractivity contribution is 7.91. The van der Waals surface area contributed by atoms with E-state index in [0.717, 1.165) is 29.1 Å². The van der Waals surface area contributed by atoms with Gasteiger partial charge in [0.15, 0.2) is 9.84 Å². The second-order valence-electron chi connectivity index (χ2n) is 13.5. The van der Waals surface area contributed by atoms with Gasteiger partial charge in [0.2, 0.25) is 0 Å². The van der Waals surface area contributed by atoms with Gasteiger partial charge in [-0.3, -0.25) is 4.90 Å². The summed E-state index contributed by atoms with van der Waals surface area (Å²) in [6.07, 6.45) is -0.879. The van der Waals surface area contributed by atoms with Crippen molar-refractivity contribution in [2.24, 2.45) is 5.41 Å². The highest BCUT2D eigenvalue weighted by Gasteiger charge is 2.45. The van der Waals surface area contributed by atoms with Crippen molar-refractivity contribution in [2.45, 2.75) is 43.9 Å². The van der Waals surface area contributed by atoms with Crippen LogP contribution < -0.4 is 9.64 Å². The lowest BCUT2D eigenvalue weighted by Crippen LogP contribution is -2.66. The Labute approximate surface area is 250 Å². The first-order chi connectivity index (χ1) is 19.9. The number of aliphatic hydroxyl groups excluding tert-OH is 1. The molecule has 1 N–H and O–H groups in total. The van der Waals surface area contributed by atoms with Gasteiger partial charge >= 0.3 is 0 Å². The molecule has 42 heavy (non-hydrogen) atoms. The Morgan fingerprint density at radius 3 is 2.17 bits per heavy atom. The molecule has 0 aromatic heterocycles. The van der Waals surface area contributed by atoms with Crippen molar-refractivity contribution in [3.8, 4) is 5.75 Å². The number of ether oxygens (including phenoxy) is 1. The summed E-state index contributed by atoms with van der Waals surface area (Å²) in [6, 6.07) is 22.0. The summed E-state index contributed by atoms with van der Waals surface area (Å²) in [6.45, 7) is 12.7. The smallest absolute Gasteiger partial charge is 0.179 e. The van der Waals surface area contributed by atoms with Crippen molar-refractivity contribution in [3.05, 3.63) is 89.0 Å². The predicted octanol–water partition coefficient (Wildman–Crippen LogP) is 4.28. The van der Waals surface area contributed by atoms with Crippen molar-refractivity contribution in [3.63, 3.8) is 0 Å². The van der Waals surface area contributed by atoms with Gasteiger partial charge in [-0.1, -0.05) is 50.2 Å². The minimum absolute atomic E-state index is 0.107. The van der Waals surface area contributed by atoms with E-state index in [4.69, 9.17) is 4.74 Å². The van der Waals surface area contributed by atoms with Gasteiger partial charge in [0.1, 0.15) is 18.9 Å². The molecule has 0 unspecified atom stereocenters. The van der Waals surface area contributed by atoms with Crippen LogP contribution in [0.4, 0.5) is 5.69 Å². The molecule has 0 amide bonds. The zero-order valence-electron chi connectivity index (χ0n) is 25.3. The molecule has 4 aliphatic rings. The Bertz CT molecular complexity index is 1510. The molecule has 2 atom stereocenters. The predicted molar refractivity (Wildman–Crippen MR) is 167 cm³/mol. The molecule has 224 valence electrons. The second kappa shape index (κ2) is 11.0. The van der Waals surface area contributed by atoms with Gasteiger partial charge in [-0.05, 0) is 47.0 Å². The molecule has 3 aromatic carbocycles. The van der Waals surface area contributed by atoms with E-state index in [-0.39, 0.29) is 5.75 Å². The van der Waals surface area contributed by atoms with Crippen LogP contribution in [0.5, 0.6) is 5.75 Å². The highest BCUT2D eigenvalue weighted by Crippen LogP contribution is 2.45. The molecule has 3 aromatic rings. The SMILES string of the molecule is CN(C)c1ccc2c(c1)[C@@H](c1ccc(OCc3ccc(C[N+]45CCN(CC4)CC5)cc3)cc1)[C@@H](O)C(C)(C)CS2(=O)=O. The fourth-order valence-electron chi connectivity index (χ4n) is 7.01. The minimum Gasteiger partial charge on any atom is -0.489 e.